The third-order valence-electron chi connectivity index (χ3n) is 7.71. The number of carbonyl (C=O) groups excluding carboxylic acids is 1. The molecule has 4 aliphatic rings. The molecule has 2 heterocycles. The fraction of sp³-hybridized carbons (Fsp3) is 0.478. The monoisotopic (exact) mass is 515 g/mol. The molecule has 0 saturated heterocycles. The molecule has 4 fully saturated rings. The molecule has 10 nitrogen and oxygen atoms in total. The molecule has 3 aromatic rings. The molecular formula is C23H23Cl2N7O3. The minimum atomic E-state index is -0.706. The van der Waals surface area contributed by atoms with E-state index in [-0.39, 0.29) is 22.9 Å². The highest BCUT2D eigenvalue weighted by molar-refractivity contribution is 6.35. The quantitative estimate of drug-likeness (QED) is 0.367. The number of hydrogen-bond acceptors (Lipinski definition) is 6. The molecule has 1 N–H and O–H groups in total. The number of nitro groups is 1. The van der Waals surface area contributed by atoms with Crippen LogP contribution in [0.2, 0.25) is 10.0 Å². The highest BCUT2D eigenvalue weighted by atomic mass is 35.5. The summed E-state index contributed by atoms with van der Waals surface area (Å²) in [6, 6.07) is 5.14. The SMILES string of the molecule is O=C(Nc1ncn(Cc2ccc(Cl)cc2Cl)n1)c1nn(C23CC4CC(CC(C4)C2)C3)cc1[N+](=O)[O-]. The molecular weight excluding hydrogens is 493 g/mol. The topological polar surface area (TPSA) is 121 Å². The zero-order chi connectivity index (χ0) is 24.3. The normalized spacial score (nSPS) is 26.7. The van der Waals surface area contributed by atoms with Crippen molar-refractivity contribution in [2.45, 2.75) is 50.6 Å². The Kier molecular flexibility index (Phi) is 5.33. The van der Waals surface area contributed by atoms with Crippen molar-refractivity contribution >= 4 is 40.7 Å². The number of benzene rings is 1. The lowest BCUT2D eigenvalue weighted by Gasteiger charge is -2.56. The molecule has 0 radical (unpaired) electrons. The van der Waals surface area contributed by atoms with Crippen molar-refractivity contribution in [1.82, 2.24) is 24.5 Å². The Balaban J connectivity index is 1.22. The lowest BCUT2D eigenvalue weighted by atomic mass is 9.53. The number of hydrogen-bond donors (Lipinski definition) is 1. The number of rotatable bonds is 6. The van der Waals surface area contributed by atoms with E-state index in [9.17, 15) is 14.9 Å². The van der Waals surface area contributed by atoms with Gasteiger partial charge >= 0.3 is 5.69 Å². The van der Waals surface area contributed by atoms with Gasteiger partial charge in [0.2, 0.25) is 11.6 Å². The lowest BCUT2D eigenvalue weighted by Crippen LogP contribution is -2.52. The van der Waals surface area contributed by atoms with Crippen molar-refractivity contribution in [2.24, 2.45) is 17.8 Å². The van der Waals surface area contributed by atoms with Crippen molar-refractivity contribution in [3.8, 4) is 0 Å². The van der Waals surface area contributed by atoms with Gasteiger partial charge in [-0.3, -0.25) is 24.9 Å². The summed E-state index contributed by atoms with van der Waals surface area (Å²) in [7, 11) is 0. The summed E-state index contributed by atoms with van der Waals surface area (Å²) in [5.41, 5.74) is 0.0349. The molecule has 182 valence electrons. The maximum atomic E-state index is 13.0. The van der Waals surface area contributed by atoms with Crippen LogP contribution in [0.15, 0.2) is 30.7 Å². The Morgan fingerprint density at radius 1 is 1.14 bits per heavy atom. The second-order valence-electron chi connectivity index (χ2n) is 10.2. The van der Waals surface area contributed by atoms with Gasteiger partial charge in [-0.25, -0.2) is 9.67 Å². The van der Waals surface area contributed by atoms with E-state index >= 15 is 0 Å². The van der Waals surface area contributed by atoms with E-state index < -0.39 is 10.8 Å². The first kappa shape index (κ1) is 22.5. The average molecular weight is 516 g/mol. The van der Waals surface area contributed by atoms with E-state index in [1.54, 1.807) is 22.9 Å². The largest absolute Gasteiger partial charge is 0.320 e. The molecule has 1 amide bonds. The molecule has 7 rings (SSSR count). The van der Waals surface area contributed by atoms with Crippen molar-refractivity contribution < 1.29 is 9.72 Å². The third-order valence-corrected chi connectivity index (χ3v) is 8.29. The predicted octanol–water partition coefficient (Wildman–Crippen LogP) is 4.92. The minimum absolute atomic E-state index is 0.0266. The predicted molar refractivity (Wildman–Crippen MR) is 129 cm³/mol. The van der Waals surface area contributed by atoms with Gasteiger partial charge in [0.15, 0.2) is 0 Å². The van der Waals surface area contributed by atoms with Crippen LogP contribution in [0.4, 0.5) is 11.6 Å². The van der Waals surface area contributed by atoms with Gasteiger partial charge in [0.1, 0.15) is 12.5 Å². The molecule has 4 saturated carbocycles. The first-order valence-electron chi connectivity index (χ1n) is 11.7. The Morgan fingerprint density at radius 3 is 2.46 bits per heavy atom. The van der Waals surface area contributed by atoms with E-state index in [0.717, 1.165) is 24.8 Å². The van der Waals surface area contributed by atoms with Gasteiger partial charge in [0.25, 0.3) is 5.91 Å². The average Bonchev–Trinajstić information content (AvgIpc) is 3.42. The van der Waals surface area contributed by atoms with Crippen molar-refractivity contribution in [2.75, 3.05) is 5.32 Å². The molecule has 4 aliphatic carbocycles. The summed E-state index contributed by atoms with van der Waals surface area (Å²) in [5.74, 6) is 1.25. The first-order valence-corrected chi connectivity index (χ1v) is 12.4. The van der Waals surface area contributed by atoms with Gasteiger partial charge in [-0.1, -0.05) is 29.3 Å². The van der Waals surface area contributed by atoms with E-state index in [1.807, 2.05) is 0 Å². The maximum absolute atomic E-state index is 13.0. The van der Waals surface area contributed by atoms with E-state index in [4.69, 9.17) is 23.2 Å². The molecule has 12 heteroatoms. The Bertz CT molecular complexity index is 1300. The van der Waals surface area contributed by atoms with Gasteiger partial charge in [0.05, 0.1) is 17.0 Å². The Hall–Kier alpha value is -2.98. The van der Waals surface area contributed by atoms with E-state index in [1.165, 1.54) is 36.5 Å². The van der Waals surface area contributed by atoms with Gasteiger partial charge in [-0.05, 0) is 74.0 Å². The van der Waals surface area contributed by atoms with Crippen LogP contribution in [-0.2, 0) is 12.1 Å². The summed E-state index contributed by atoms with van der Waals surface area (Å²) in [5, 5.41) is 24.1. The molecule has 1 aromatic carbocycles. The van der Waals surface area contributed by atoms with E-state index in [0.29, 0.717) is 34.3 Å². The summed E-state index contributed by atoms with van der Waals surface area (Å²) in [4.78, 5) is 28.4. The summed E-state index contributed by atoms with van der Waals surface area (Å²) in [6.07, 6.45) is 9.52. The summed E-state index contributed by atoms with van der Waals surface area (Å²) in [6.45, 7) is 0.319. The van der Waals surface area contributed by atoms with Crippen LogP contribution < -0.4 is 5.32 Å². The van der Waals surface area contributed by atoms with E-state index in [2.05, 4.69) is 20.5 Å². The van der Waals surface area contributed by atoms with Crippen molar-refractivity contribution in [3.05, 3.63) is 62.1 Å². The maximum Gasteiger partial charge on any atom is 0.320 e. The summed E-state index contributed by atoms with van der Waals surface area (Å²) < 4.78 is 3.23. The fourth-order valence-electron chi connectivity index (χ4n) is 6.66. The van der Waals surface area contributed by atoms with Crippen LogP contribution in [0.25, 0.3) is 0 Å². The van der Waals surface area contributed by atoms with Gasteiger partial charge < -0.3 is 0 Å². The smallest absolute Gasteiger partial charge is 0.287 e. The fourth-order valence-corrected chi connectivity index (χ4v) is 7.13. The standard InChI is InChI=1S/C23H23Cl2N7O3/c24-17-2-1-16(18(25)6-17)10-30-12-26-22(29-30)27-21(33)20-19(32(34)35)11-31(28-20)23-7-13-3-14(8-23)5-15(4-13)9-23/h1-2,6,11-15H,3-5,7-10H2,(H,27,29,33). The molecule has 2 aromatic heterocycles. The van der Waals surface area contributed by atoms with Gasteiger partial charge in [-0.15, -0.1) is 5.10 Å². The number of amides is 1. The highest BCUT2D eigenvalue weighted by Crippen LogP contribution is 2.58. The van der Waals surface area contributed by atoms with Crippen LogP contribution in [0.5, 0.6) is 0 Å². The van der Waals surface area contributed by atoms with Crippen LogP contribution >= 0.6 is 23.2 Å². The zero-order valence-corrected chi connectivity index (χ0v) is 20.2. The van der Waals surface area contributed by atoms with Crippen LogP contribution in [0.1, 0.15) is 54.6 Å². The van der Waals surface area contributed by atoms with Crippen molar-refractivity contribution in [1.29, 1.82) is 0 Å². The Labute approximate surface area is 210 Å². The number of carbonyl (C=O) groups is 1. The van der Waals surface area contributed by atoms with Crippen LogP contribution in [-0.4, -0.2) is 35.4 Å². The zero-order valence-electron chi connectivity index (χ0n) is 18.7. The second kappa shape index (κ2) is 8.30. The summed E-state index contributed by atoms with van der Waals surface area (Å²) >= 11 is 12.2. The number of anilines is 1. The molecule has 35 heavy (non-hydrogen) atoms. The van der Waals surface area contributed by atoms with Gasteiger partial charge in [0, 0.05) is 10.0 Å². The number of nitrogens with one attached hydrogen (secondary N) is 1. The number of halogens is 2. The molecule has 0 aliphatic heterocycles. The first-order chi connectivity index (χ1) is 16.8. The van der Waals surface area contributed by atoms with Crippen LogP contribution in [0.3, 0.4) is 0 Å². The number of aromatic nitrogens is 5. The van der Waals surface area contributed by atoms with Crippen molar-refractivity contribution in [3.63, 3.8) is 0 Å². The number of nitrogens with zero attached hydrogens (tertiary/aromatic N) is 6. The highest BCUT2D eigenvalue weighted by Gasteiger charge is 2.53. The minimum Gasteiger partial charge on any atom is -0.287 e. The lowest BCUT2D eigenvalue weighted by molar-refractivity contribution is -0.385. The molecule has 0 unspecified atom stereocenters. The molecule has 4 bridgehead atoms. The molecule has 0 spiro atoms. The third kappa shape index (κ3) is 4.08. The molecule has 0 atom stereocenters. The second-order valence-corrected chi connectivity index (χ2v) is 11.0. The van der Waals surface area contributed by atoms with Gasteiger partial charge in [-0.2, -0.15) is 5.10 Å². The Morgan fingerprint density at radius 2 is 1.83 bits per heavy atom. The van der Waals surface area contributed by atoms with Crippen LogP contribution in [0, 0.1) is 27.9 Å².